The molecule has 0 aromatic carbocycles. The third kappa shape index (κ3) is 5.37. The van der Waals surface area contributed by atoms with Crippen LogP contribution in [0.2, 0.25) is 0 Å². The number of likely N-dealkylation sites (N-methyl/N-ethyl adjacent to an activating group) is 1. The monoisotopic (exact) mass is 182 g/mol. The second-order valence-corrected chi connectivity index (χ2v) is 3.42. The molecule has 0 radical (unpaired) electrons. The molecule has 0 bridgehead atoms. The number of nitriles is 1. The van der Waals surface area contributed by atoms with E-state index in [2.05, 4.69) is 6.07 Å². The first-order valence-corrected chi connectivity index (χ1v) is 4.70. The summed E-state index contributed by atoms with van der Waals surface area (Å²) in [6.45, 7) is 4.43. The summed E-state index contributed by atoms with van der Waals surface area (Å²) in [6.07, 6.45) is 2.03. The van der Waals surface area contributed by atoms with Gasteiger partial charge in [-0.05, 0) is 20.4 Å². The fourth-order valence-corrected chi connectivity index (χ4v) is 1.08. The topological polar surface area (TPSA) is 44.1 Å². The Morgan fingerprint density at radius 2 is 2.23 bits per heavy atom. The molecular weight excluding hydrogens is 164 g/mol. The molecule has 0 aromatic heterocycles. The first-order valence-electron chi connectivity index (χ1n) is 4.70. The molecule has 0 saturated carbocycles. The minimum atomic E-state index is 0.172. The number of ketones is 1. The Morgan fingerprint density at radius 1 is 1.62 bits per heavy atom. The van der Waals surface area contributed by atoms with E-state index >= 15 is 0 Å². The molecule has 0 spiro atoms. The van der Waals surface area contributed by atoms with Gasteiger partial charge in [-0.25, -0.2) is 0 Å². The first kappa shape index (κ1) is 12.1. The molecule has 0 rings (SSSR count). The van der Waals surface area contributed by atoms with Crippen LogP contribution in [0.1, 0.15) is 33.1 Å². The molecule has 0 aliphatic heterocycles. The van der Waals surface area contributed by atoms with Crippen molar-refractivity contribution in [3.63, 3.8) is 0 Å². The molecule has 0 amide bonds. The number of Topliss-reactive ketones (excluding diaryl/α,β-unsaturated/α-hetero) is 1. The van der Waals surface area contributed by atoms with Crippen molar-refractivity contribution in [2.75, 3.05) is 13.6 Å². The Kier molecular flexibility index (Phi) is 6.17. The minimum absolute atomic E-state index is 0.172. The molecule has 0 fully saturated rings. The van der Waals surface area contributed by atoms with Crippen LogP contribution in [0, 0.1) is 11.3 Å². The van der Waals surface area contributed by atoms with Crippen LogP contribution in [0.5, 0.6) is 0 Å². The van der Waals surface area contributed by atoms with E-state index in [4.69, 9.17) is 5.26 Å². The van der Waals surface area contributed by atoms with Crippen molar-refractivity contribution >= 4 is 5.78 Å². The standard InChI is InChI=1S/C10H18N2O/c1-4-5-10(13)8-12(3)9(2)6-7-11/h9H,4-6,8H2,1-3H3. The van der Waals surface area contributed by atoms with Crippen LogP contribution in [-0.4, -0.2) is 30.3 Å². The highest BCUT2D eigenvalue weighted by Gasteiger charge is 2.11. The summed E-state index contributed by atoms with van der Waals surface area (Å²) < 4.78 is 0. The van der Waals surface area contributed by atoms with Gasteiger partial charge in [0.2, 0.25) is 0 Å². The number of carbonyl (C=O) groups is 1. The Balaban J connectivity index is 3.79. The van der Waals surface area contributed by atoms with Crippen LogP contribution in [0.4, 0.5) is 0 Å². The predicted molar refractivity (Wildman–Crippen MR) is 52.2 cm³/mol. The highest BCUT2D eigenvalue weighted by Crippen LogP contribution is 2.01. The largest absolute Gasteiger partial charge is 0.298 e. The Hall–Kier alpha value is -0.880. The summed E-state index contributed by atoms with van der Waals surface area (Å²) in [5, 5.41) is 8.46. The Morgan fingerprint density at radius 3 is 2.69 bits per heavy atom. The van der Waals surface area contributed by atoms with E-state index in [0.717, 1.165) is 6.42 Å². The summed E-state index contributed by atoms with van der Waals surface area (Å²) >= 11 is 0. The van der Waals surface area contributed by atoms with Gasteiger partial charge in [-0.2, -0.15) is 5.26 Å². The summed E-state index contributed by atoms with van der Waals surface area (Å²) in [4.78, 5) is 13.2. The fourth-order valence-electron chi connectivity index (χ4n) is 1.08. The smallest absolute Gasteiger partial charge is 0.146 e. The maximum Gasteiger partial charge on any atom is 0.146 e. The van der Waals surface area contributed by atoms with Crippen LogP contribution in [0.25, 0.3) is 0 Å². The van der Waals surface area contributed by atoms with Gasteiger partial charge in [0.15, 0.2) is 0 Å². The highest BCUT2D eigenvalue weighted by atomic mass is 16.1. The lowest BCUT2D eigenvalue weighted by Crippen LogP contribution is -2.33. The van der Waals surface area contributed by atoms with Gasteiger partial charge in [0.05, 0.1) is 19.0 Å². The second kappa shape index (κ2) is 6.62. The van der Waals surface area contributed by atoms with E-state index in [1.165, 1.54) is 0 Å². The van der Waals surface area contributed by atoms with Gasteiger partial charge in [-0.15, -0.1) is 0 Å². The van der Waals surface area contributed by atoms with E-state index in [-0.39, 0.29) is 11.8 Å². The number of hydrogen-bond donors (Lipinski definition) is 0. The van der Waals surface area contributed by atoms with E-state index in [1.807, 2.05) is 25.8 Å². The number of carbonyl (C=O) groups excluding carboxylic acids is 1. The first-order chi connectivity index (χ1) is 6.11. The van der Waals surface area contributed by atoms with E-state index in [9.17, 15) is 4.79 Å². The lowest BCUT2D eigenvalue weighted by molar-refractivity contribution is -0.120. The van der Waals surface area contributed by atoms with Crippen molar-refractivity contribution < 1.29 is 4.79 Å². The molecule has 0 N–H and O–H groups in total. The predicted octanol–water partition coefficient (Wildman–Crippen LogP) is 1.59. The van der Waals surface area contributed by atoms with Gasteiger partial charge in [0, 0.05) is 12.5 Å². The molecule has 0 aromatic rings. The Labute approximate surface area is 80.3 Å². The van der Waals surface area contributed by atoms with Crippen molar-refractivity contribution in [1.82, 2.24) is 4.90 Å². The third-order valence-electron chi connectivity index (χ3n) is 2.09. The molecule has 0 saturated heterocycles. The average Bonchev–Trinajstić information content (AvgIpc) is 2.05. The van der Waals surface area contributed by atoms with E-state index < -0.39 is 0 Å². The molecule has 13 heavy (non-hydrogen) atoms. The molecule has 1 atom stereocenters. The van der Waals surface area contributed by atoms with Gasteiger partial charge in [-0.3, -0.25) is 9.69 Å². The molecule has 3 heteroatoms. The van der Waals surface area contributed by atoms with Crippen molar-refractivity contribution in [3.05, 3.63) is 0 Å². The highest BCUT2D eigenvalue weighted by molar-refractivity contribution is 5.80. The molecule has 74 valence electrons. The van der Waals surface area contributed by atoms with E-state index in [0.29, 0.717) is 19.4 Å². The molecule has 3 nitrogen and oxygen atoms in total. The maximum absolute atomic E-state index is 11.2. The second-order valence-electron chi connectivity index (χ2n) is 3.42. The average molecular weight is 182 g/mol. The zero-order chi connectivity index (χ0) is 10.3. The number of rotatable bonds is 6. The van der Waals surface area contributed by atoms with Crippen molar-refractivity contribution in [1.29, 1.82) is 5.26 Å². The molecule has 1 unspecified atom stereocenters. The number of nitrogens with zero attached hydrogens (tertiary/aromatic N) is 2. The fraction of sp³-hybridized carbons (Fsp3) is 0.800. The van der Waals surface area contributed by atoms with Gasteiger partial charge >= 0.3 is 0 Å². The SMILES string of the molecule is CCCC(=O)CN(C)C(C)CC#N. The Bertz CT molecular complexity index is 196. The van der Waals surface area contributed by atoms with Gasteiger partial charge in [-0.1, -0.05) is 6.92 Å². The van der Waals surface area contributed by atoms with E-state index in [1.54, 1.807) is 0 Å². The number of hydrogen-bond acceptors (Lipinski definition) is 3. The van der Waals surface area contributed by atoms with Crippen molar-refractivity contribution in [3.8, 4) is 6.07 Å². The van der Waals surface area contributed by atoms with Crippen molar-refractivity contribution in [2.24, 2.45) is 0 Å². The van der Waals surface area contributed by atoms with Crippen LogP contribution in [-0.2, 0) is 4.79 Å². The zero-order valence-electron chi connectivity index (χ0n) is 8.71. The molecular formula is C10H18N2O. The van der Waals surface area contributed by atoms with Crippen molar-refractivity contribution in [2.45, 2.75) is 39.2 Å². The maximum atomic E-state index is 11.2. The summed E-state index contributed by atoms with van der Waals surface area (Å²) in [7, 11) is 1.88. The lowest BCUT2D eigenvalue weighted by Gasteiger charge is -2.21. The third-order valence-corrected chi connectivity index (χ3v) is 2.09. The summed E-state index contributed by atoms with van der Waals surface area (Å²) in [5.41, 5.74) is 0. The lowest BCUT2D eigenvalue weighted by atomic mass is 10.2. The quantitative estimate of drug-likeness (QED) is 0.626. The van der Waals surface area contributed by atoms with Crippen LogP contribution < -0.4 is 0 Å². The van der Waals surface area contributed by atoms with Crippen LogP contribution in [0.15, 0.2) is 0 Å². The summed E-state index contributed by atoms with van der Waals surface area (Å²) in [6, 6.07) is 2.27. The van der Waals surface area contributed by atoms with Gasteiger partial charge in [0.25, 0.3) is 0 Å². The normalized spacial score (nSPS) is 12.5. The molecule has 0 aliphatic carbocycles. The van der Waals surface area contributed by atoms with Gasteiger partial charge < -0.3 is 0 Å². The molecule has 0 heterocycles. The minimum Gasteiger partial charge on any atom is -0.298 e. The summed E-state index contributed by atoms with van der Waals surface area (Å²) in [5.74, 6) is 0.259. The molecule has 0 aliphatic rings. The van der Waals surface area contributed by atoms with Crippen LogP contribution in [0.3, 0.4) is 0 Å². The zero-order valence-corrected chi connectivity index (χ0v) is 8.71. The van der Waals surface area contributed by atoms with Crippen LogP contribution >= 0.6 is 0 Å². The van der Waals surface area contributed by atoms with Gasteiger partial charge in [0.1, 0.15) is 5.78 Å².